The average molecular weight is 1780 g/mol. The zero-order valence-corrected chi connectivity index (χ0v) is 95.5. The molecule has 0 amide bonds. The molecule has 21 nitrogen and oxygen atoms in total. The summed E-state index contributed by atoms with van der Waals surface area (Å²) in [6, 6.07) is 0. The summed E-state index contributed by atoms with van der Waals surface area (Å²) in [5, 5.41) is 0. The summed E-state index contributed by atoms with van der Waals surface area (Å²) < 4.78 is 129. The van der Waals surface area contributed by atoms with Gasteiger partial charge in [0, 0.05) is 50.2 Å². The van der Waals surface area contributed by atoms with Gasteiger partial charge in [-0.3, -0.25) is 0 Å². The fraction of sp³-hybridized carbons (Fsp3) is 1.00. The molecular formula is C76H188O21Si12. The third-order valence-electron chi connectivity index (χ3n) is 10.5. The van der Waals surface area contributed by atoms with Gasteiger partial charge in [0.05, 0.1) is 56.0 Å². The molecule has 0 fully saturated rings. The Hall–Kier alpha value is 1.76. The minimum atomic E-state index is -2.98. The number of hydrogen-bond acceptors (Lipinski definition) is 21. The van der Waals surface area contributed by atoms with Gasteiger partial charge in [0.1, 0.15) is 0 Å². The van der Waals surface area contributed by atoms with Crippen LogP contribution in [-0.4, -0.2) is 190 Å². The van der Waals surface area contributed by atoms with E-state index in [1.807, 2.05) is 266 Å². The predicted molar refractivity (Wildman–Crippen MR) is 488 cm³/mol. The van der Waals surface area contributed by atoms with Crippen LogP contribution in [-0.2, 0) is 91.1 Å². The first-order valence-corrected chi connectivity index (χ1v) is 72.0. The lowest BCUT2D eigenvalue weighted by atomic mass is 10.2. The molecule has 0 aromatic heterocycles. The van der Waals surface area contributed by atoms with E-state index in [-0.39, 0.29) is 86.5 Å². The van der Waals surface area contributed by atoms with Gasteiger partial charge in [-0.15, -0.1) is 0 Å². The van der Waals surface area contributed by atoms with Crippen LogP contribution in [0, 0.1) is 0 Å². The van der Waals surface area contributed by atoms with Crippen LogP contribution in [0.3, 0.4) is 0 Å². The molecule has 0 saturated carbocycles. The number of rotatable bonds is 32. The van der Waals surface area contributed by atoms with Gasteiger partial charge in [-0.05, 0) is 395 Å². The van der Waals surface area contributed by atoms with Gasteiger partial charge in [0.25, 0.3) is 0 Å². The van der Waals surface area contributed by atoms with Crippen molar-refractivity contribution in [1.29, 1.82) is 0 Å². The smallest absolute Gasteiger partial charge is 0.415 e. The van der Waals surface area contributed by atoms with Crippen LogP contribution in [0.1, 0.15) is 277 Å². The Morgan fingerprint density at radius 1 is 0.138 bits per heavy atom. The summed E-state index contributed by atoms with van der Waals surface area (Å²) in [5.74, 6) is 0. The van der Waals surface area contributed by atoms with Crippen molar-refractivity contribution in [2.75, 3.05) is 0 Å². The topological polar surface area (TPSA) is 194 Å². The third-order valence-corrected chi connectivity index (χ3v) is 47.8. The van der Waals surface area contributed by atoms with Gasteiger partial charge in [0.15, 0.2) is 0 Å². The van der Waals surface area contributed by atoms with Crippen LogP contribution in [0.4, 0.5) is 0 Å². The maximum atomic E-state index is 6.49. The highest BCUT2D eigenvalue weighted by molar-refractivity contribution is 6.83. The fourth-order valence-corrected chi connectivity index (χ4v) is 58.6. The molecule has 0 unspecified atom stereocenters. The second kappa shape index (κ2) is 45.1. The van der Waals surface area contributed by atoms with Crippen molar-refractivity contribution >= 4 is 103 Å². The molecule has 666 valence electrons. The normalized spacial score (nSPS) is 14.9. The van der Waals surface area contributed by atoms with Crippen LogP contribution in [0.25, 0.3) is 0 Å². The molecule has 0 heterocycles. The van der Waals surface area contributed by atoms with Crippen LogP contribution in [0.2, 0.25) is 137 Å². The average Bonchev–Trinajstić information content (AvgIpc) is 0.808. The first kappa shape index (κ1) is 122. The molecule has 0 saturated heterocycles. The van der Waals surface area contributed by atoms with Crippen molar-refractivity contribution in [2.45, 2.75) is 501 Å². The van der Waals surface area contributed by atoms with Crippen molar-refractivity contribution < 1.29 is 91.1 Å². The van der Waals surface area contributed by atoms with Crippen molar-refractivity contribution in [3.8, 4) is 0 Å². The SMILES string of the molecule is CC(C)(C)O[Si](C)(C)OC(C)(C)C.CC(C)(C)O[Si](C)(C)O[Si](C)(C)OC(C)(C)C.CC(C)(C)O[Si](C)(C)O[Si](C)(OC(C)(C)C)O[Si](C)(C)OC(C)(C)C.CC(C)(C)O[Si](C)(OC(C)(C)C)OC(C)(C)C.CC(C)O[Si](C)(C)O[Si](C)(C)OC(C)C.CC(C)O[Si](C)(C)O[Si](C)(OC(C)C)O[Si](C)(C)OC(C)C. The molecule has 0 aliphatic heterocycles. The molecule has 0 aliphatic rings. The van der Waals surface area contributed by atoms with E-state index < -0.39 is 103 Å². The van der Waals surface area contributed by atoms with E-state index >= 15 is 0 Å². The van der Waals surface area contributed by atoms with Crippen LogP contribution in [0.15, 0.2) is 0 Å². The molecule has 0 atom stereocenters. The van der Waals surface area contributed by atoms with Crippen LogP contribution in [0.5, 0.6) is 0 Å². The van der Waals surface area contributed by atoms with Crippen molar-refractivity contribution in [2.24, 2.45) is 0 Å². The van der Waals surface area contributed by atoms with Gasteiger partial charge in [-0.1, -0.05) is 0 Å². The third kappa shape index (κ3) is 84.6. The Balaban J connectivity index is -0.000000296. The van der Waals surface area contributed by atoms with E-state index in [1.165, 1.54) is 0 Å². The first-order valence-electron chi connectivity index (χ1n) is 40.0. The van der Waals surface area contributed by atoms with E-state index in [9.17, 15) is 0 Å². The lowest BCUT2D eigenvalue weighted by Gasteiger charge is -2.44. The van der Waals surface area contributed by atoms with E-state index in [0.29, 0.717) is 0 Å². The molecule has 0 aromatic carbocycles. The lowest BCUT2D eigenvalue weighted by molar-refractivity contribution is -0.0710. The summed E-state index contributed by atoms with van der Waals surface area (Å²) in [6.07, 6.45) is 0.711. The van der Waals surface area contributed by atoms with Crippen molar-refractivity contribution in [3.05, 3.63) is 0 Å². The van der Waals surface area contributed by atoms with Crippen LogP contribution < -0.4 is 0 Å². The fourth-order valence-electron chi connectivity index (χ4n) is 12.7. The molecule has 0 rings (SSSR count). The Bertz CT molecular complexity index is 2310. The largest absolute Gasteiger partial charge is 0.498 e. The second-order valence-corrected chi connectivity index (χ2v) is 82.3. The highest BCUT2D eigenvalue weighted by Crippen LogP contribution is 2.34. The summed E-state index contributed by atoms with van der Waals surface area (Å²) in [4.78, 5) is 0. The molecule has 109 heavy (non-hydrogen) atoms. The zero-order chi connectivity index (χ0) is 89.7. The molecule has 0 N–H and O–H groups in total. The Kier molecular flexibility index (Phi) is 50.3. The summed E-state index contributed by atoms with van der Waals surface area (Å²) in [7, 11) is -28.4. The Morgan fingerprint density at radius 3 is 0.431 bits per heavy atom. The molecule has 0 radical (unpaired) electrons. The summed E-state index contributed by atoms with van der Waals surface area (Å²) in [5.41, 5.74) is -2.28. The van der Waals surface area contributed by atoms with Gasteiger partial charge in [-0.2, -0.15) is 0 Å². The van der Waals surface area contributed by atoms with Gasteiger partial charge in [0.2, 0.25) is 0 Å². The van der Waals surface area contributed by atoms with E-state index in [0.717, 1.165) is 0 Å². The van der Waals surface area contributed by atoms with Crippen LogP contribution >= 0.6 is 0 Å². The highest BCUT2D eigenvalue weighted by atomic mass is 28.5. The van der Waals surface area contributed by atoms with E-state index in [2.05, 4.69) is 149 Å². The Morgan fingerprint density at radius 2 is 0.266 bits per heavy atom. The lowest BCUT2D eigenvalue weighted by Crippen LogP contribution is -2.61. The summed E-state index contributed by atoms with van der Waals surface area (Å²) in [6.45, 7) is 124. The summed E-state index contributed by atoms with van der Waals surface area (Å²) >= 11 is 0. The molecule has 0 spiro atoms. The Labute approximate surface area is 690 Å². The van der Waals surface area contributed by atoms with Crippen molar-refractivity contribution in [1.82, 2.24) is 0 Å². The predicted octanol–water partition coefficient (Wildman–Crippen LogP) is 24.3. The first-order chi connectivity index (χ1) is 46.4. The van der Waals surface area contributed by atoms with Crippen molar-refractivity contribution in [3.63, 3.8) is 0 Å². The minimum absolute atomic E-state index is 0.0318. The maximum Gasteiger partial charge on any atom is 0.498 e. The number of hydrogen-bond donors (Lipinski definition) is 0. The molecular weight excluding hydrogens is 1590 g/mol. The van der Waals surface area contributed by atoms with Gasteiger partial charge in [-0.25, -0.2) is 0 Å². The van der Waals surface area contributed by atoms with E-state index in [1.54, 1.807) is 0 Å². The quantitative estimate of drug-likeness (QED) is 0.0577. The molecule has 0 bridgehead atoms. The second-order valence-electron chi connectivity index (χ2n) is 43.8. The monoisotopic (exact) mass is 1770 g/mol. The molecule has 33 heteroatoms. The van der Waals surface area contributed by atoms with Gasteiger partial charge >= 0.3 is 103 Å². The highest BCUT2D eigenvalue weighted by Gasteiger charge is 2.53. The standard InChI is InChI=1S/C17H42O5Si3.C14H36O5Si3.C13H30O3Si.C12H30O3Si2.C10H26O3Si2.C10H24O2Si/c1-15(2,3)18-23(10,11)21-25(14,20-17(7,8)9)22-24(12,13)19-16(4,5)6;1-12(2)15-20(7,8)18-22(11,17-14(5)6)19-21(9,10)16-13(3)4;1-11(2,3)14-17(10,15-12(4,5)6)16-13(7,8)9;1-11(2,3)13-16(7,8)15-17(9,10)14-12(4,5)6;1-9(2)11-14(5,6)13-15(7,8)12-10(3)4;1-9(2,3)11-13(7,8)12-10(4,5)6/h1-14H3;12-14H,1-11H3;2*1-10H3;9-10H,1-8H3;1-8H3. The molecule has 0 aromatic rings. The maximum absolute atomic E-state index is 6.49. The van der Waals surface area contributed by atoms with Gasteiger partial charge < -0.3 is 91.1 Å². The molecule has 0 aliphatic carbocycles. The van der Waals surface area contributed by atoms with E-state index in [4.69, 9.17) is 91.1 Å². The zero-order valence-electron chi connectivity index (χ0n) is 83.5. The minimum Gasteiger partial charge on any atom is -0.415 e.